The summed E-state index contributed by atoms with van der Waals surface area (Å²) >= 11 is 0. The zero-order valence-corrected chi connectivity index (χ0v) is 5.02. The summed E-state index contributed by atoms with van der Waals surface area (Å²) in [5.74, 6) is 0. The number of hydrogen-bond acceptors (Lipinski definition) is 2. The van der Waals surface area contributed by atoms with Gasteiger partial charge in [-0.3, -0.25) is 4.90 Å². The fraction of sp³-hybridized carbons (Fsp3) is 0.800. The second kappa shape index (κ2) is 2.13. The predicted molar refractivity (Wildman–Crippen MR) is 27.0 cm³/mol. The molecule has 0 N–H and O–H groups in total. The maximum absolute atomic E-state index is 11.5. The summed E-state index contributed by atoms with van der Waals surface area (Å²) in [6.45, 7) is -0.693. The number of nitriles is 1. The van der Waals surface area contributed by atoms with Crippen molar-refractivity contribution in [2.75, 3.05) is 13.1 Å². The average molecular weight is 150 g/mol. The van der Waals surface area contributed by atoms with E-state index in [4.69, 9.17) is 5.26 Å². The molecule has 0 aromatic carbocycles. The molecule has 1 saturated heterocycles. The minimum absolute atomic E-state index is 0.260. The molecule has 1 heterocycles. The fourth-order valence-electron chi connectivity index (χ4n) is 0.702. The smallest absolute Gasteiger partial charge is 0.276 e. The molecule has 0 aromatic rings. The molecule has 0 spiro atoms. The van der Waals surface area contributed by atoms with Gasteiger partial charge in [0.05, 0.1) is 12.6 Å². The summed E-state index contributed by atoms with van der Waals surface area (Å²) in [6, 6.07) is 1.24. The summed E-state index contributed by atoms with van der Waals surface area (Å²) in [5.41, 5.74) is 0. The Labute approximate surface area is 55.8 Å². The monoisotopic (exact) mass is 150 g/mol. The van der Waals surface area contributed by atoms with Crippen LogP contribution in [0.3, 0.4) is 0 Å². The van der Waals surface area contributed by atoms with Crippen LogP contribution in [0.2, 0.25) is 0 Å². The van der Waals surface area contributed by atoms with Crippen molar-refractivity contribution < 1.29 is 13.2 Å². The molecule has 0 radical (unpaired) electrons. The zero-order valence-electron chi connectivity index (χ0n) is 5.02. The van der Waals surface area contributed by atoms with Gasteiger partial charge < -0.3 is 0 Å². The predicted octanol–water partition coefficient (Wildman–Crippen LogP) is 0.756. The minimum Gasteiger partial charge on any atom is -0.276 e. The highest BCUT2D eigenvalue weighted by molar-refractivity contribution is 5.06. The Morgan fingerprint density at radius 3 is 2.50 bits per heavy atom. The first-order valence-electron chi connectivity index (χ1n) is 2.73. The van der Waals surface area contributed by atoms with Crippen molar-refractivity contribution in [2.45, 2.75) is 12.2 Å². The highest BCUT2D eigenvalue weighted by Crippen LogP contribution is 2.24. The topological polar surface area (TPSA) is 26.8 Å². The van der Waals surface area contributed by atoms with Crippen molar-refractivity contribution in [3.05, 3.63) is 0 Å². The van der Waals surface area contributed by atoms with Crippen LogP contribution in [-0.4, -0.2) is 30.2 Å². The van der Waals surface area contributed by atoms with E-state index in [1.807, 2.05) is 0 Å². The molecule has 0 aromatic heterocycles. The highest BCUT2D eigenvalue weighted by Gasteiger charge is 2.42. The second-order valence-electron chi connectivity index (χ2n) is 2.19. The normalized spacial score (nSPS) is 31.4. The van der Waals surface area contributed by atoms with Crippen LogP contribution in [0.4, 0.5) is 13.2 Å². The summed E-state index contributed by atoms with van der Waals surface area (Å²) < 4.78 is 34.5. The molecule has 1 rings (SSSR count). The van der Waals surface area contributed by atoms with Crippen LogP contribution >= 0.6 is 0 Å². The van der Waals surface area contributed by atoms with E-state index in [0.29, 0.717) is 0 Å². The van der Waals surface area contributed by atoms with E-state index in [-0.39, 0.29) is 6.54 Å². The van der Waals surface area contributed by atoms with Crippen LogP contribution in [0, 0.1) is 11.3 Å². The number of hydrogen-bond donors (Lipinski definition) is 0. The summed E-state index contributed by atoms with van der Waals surface area (Å²) in [4.78, 5) is 1.07. The van der Waals surface area contributed by atoms with Crippen LogP contribution in [-0.2, 0) is 0 Å². The van der Waals surface area contributed by atoms with Gasteiger partial charge in [0, 0.05) is 6.54 Å². The number of alkyl halides is 3. The van der Waals surface area contributed by atoms with Gasteiger partial charge in [0.15, 0.2) is 0 Å². The van der Waals surface area contributed by atoms with Gasteiger partial charge in [-0.25, -0.2) is 0 Å². The Morgan fingerprint density at radius 2 is 2.20 bits per heavy atom. The molecule has 0 bridgehead atoms. The SMILES string of the molecule is N#CC1CN1CC(F)(F)F. The maximum atomic E-state index is 11.5. The van der Waals surface area contributed by atoms with Crippen LogP contribution in [0.5, 0.6) is 0 Å². The van der Waals surface area contributed by atoms with Crippen molar-refractivity contribution in [2.24, 2.45) is 0 Å². The number of halogens is 3. The average Bonchev–Trinajstić information content (AvgIpc) is 2.42. The van der Waals surface area contributed by atoms with Crippen LogP contribution in [0.1, 0.15) is 0 Å². The van der Waals surface area contributed by atoms with Crippen molar-refractivity contribution in [3.8, 4) is 6.07 Å². The van der Waals surface area contributed by atoms with Gasteiger partial charge in [-0.2, -0.15) is 18.4 Å². The lowest BCUT2D eigenvalue weighted by Crippen LogP contribution is -2.21. The molecule has 56 valence electrons. The van der Waals surface area contributed by atoms with Crippen LogP contribution in [0.25, 0.3) is 0 Å². The van der Waals surface area contributed by atoms with Crippen molar-refractivity contribution in [3.63, 3.8) is 0 Å². The minimum atomic E-state index is -4.16. The van der Waals surface area contributed by atoms with E-state index >= 15 is 0 Å². The first kappa shape index (κ1) is 7.35. The van der Waals surface area contributed by atoms with Gasteiger partial charge in [0.1, 0.15) is 6.04 Å². The zero-order chi connectivity index (χ0) is 7.78. The third-order valence-electron chi connectivity index (χ3n) is 1.25. The van der Waals surface area contributed by atoms with Crippen molar-refractivity contribution >= 4 is 0 Å². The number of rotatable bonds is 1. The van der Waals surface area contributed by atoms with Crippen molar-refractivity contribution in [1.82, 2.24) is 4.90 Å². The van der Waals surface area contributed by atoms with Gasteiger partial charge in [-0.05, 0) is 0 Å². The maximum Gasteiger partial charge on any atom is 0.401 e. The lowest BCUT2D eigenvalue weighted by atomic mass is 10.5. The molecule has 2 unspecified atom stereocenters. The Hall–Kier alpha value is -0.760. The number of nitrogens with zero attached hydrogens (tertiary/aromatic N) is 2. The molecule has 1 fully saturated rings. The van der Waals surface area contributed by atoms with Crippen LogP contribution < -0.4 is 0 Å². The van der Waals surface area contributed by atoms with Gasteiger partial charge in [0.25, 0.3) is 0 Å². The lowest BCUT2D eigenvalue weighted by molar-refractivity contribution is -0.134. The summed E-state index contributed by atoms with van der Waals surface area (Å²) in [6.07, 6.45) is -4.16. The van der Waals surface area contributed by atoms with Gasteiger partial charge in [-0.1, -0.05) is 0 Å². The van der Waals surface area contributed by atoms with Gasteiger partial charge in [-0.15, -0.1) is 0 Å². The van der Waals surface area contributed by atoms with Crippen molar-refractivity contribution in [1.29, 1.82) is 5.26 Å². The largest absolute Gasteiger partial charge is 0.401 e. The van der Waals surface area contributed by atoms with E-state index in [9.17, 15) is 13.2 Å². The van der Waals surface area contributed by atoms with Gasteiger partial charge in [0.2, 0.25) is 0 Å². The third-order valence-corrected chi connectivity index (χ3v) is 1.25. The summed E-state index contributed by atoms with van der Waals surface area (Å²) in [7, 11) is 0. The van der Waals surface area contributed by atoms with Crippen LogP contribution in [0.15, 0.2) is 0 Å². The molecule has 0 aliphatic carbocycles. The molecule has 10 heavy (non-hydrogen) atoms. The highest BCUT2D eigenvalue weighted by atomic mass is 19.4. The Kier molecular flexibility index (Phi) is 1.57. The molecule has 2 atom stereocenters. The third kappa shape index (κ3) is 1.88. The first-order valence-corrected chi connectivity index (χ1v) is 2.73. The lowest BCUT2D eigenvalue weighted by Gasteiger charge is -2.04. The first-order chi connectivity index (χ1) is 4.53. The van der Waals surface area contributed by atoms with E-state index in [0.717, 1.165) is 4.90 Å². The van der Waals surface area contributed by atoms with E-state index in [2.05, 4.69) is 0 Å². The van der Waals surface area contributed by atoms with E-state index < -0.39 is 18.8 Å². The molecular weight excluding hydrogens is 145 g/mol. The van der Waals surface area contributed by atoms with Gasteiger partial charge >= 0.3 is 6.18 Å². The Bertz CT molecular complexity index is 169. The molecule has 1 aliphatic heterocycles. The van der Waals surface area contributed by atoms with E-state index in [1.54, 1.807) is 6.07 Å². The molecular formula is C5H5F3N2. The standard InChI is InChI=1S/C5H5F3N2/c6-5(7,8)3-10-2-4(10)1-9/h4H,2-3H2. The quantitative estimate of drug-likeness (QED) is 0.516. The molecule has 2 nitrogen and oxygen atoms in total. The molecule has 0 saturated carbocycles. The second-order valence-corrected chi connectivity index (χ2v) is 2.19. The molecule has 0 amide bonds. The fourth-order valence-corrected chi connectivity index (χ4v) is 0.702. The van der Waals surface area contributed by atoms with E-state index in [1.165, 1.54) is 0 Å². The Morgan fingerprint density at radius 1 is 1.60 bits per heavy atom. The summed E-state index contributed by atoms with van der Waals surface area (Å²) in [5, 5.41) is 8.11. The Balaban J connectivity index is 2.26. The molecule has 1 aliphatic rings. The molecule has 5 heteroatoms.